The molecule has 1 rings (SSSR count). The first-order valence-electron chi connectivity index (χ1n) is 6.25. The fraction of sp³-hybridized carbons (Fsp3) is 0.571. The molecule has 0 saturated heterocycles. The van der Waals surface area contributed by atoms with E-state index in [4.69, 9.17) is 0 Å². The van der Waals surface area contributed by atoms with Crippen LogP contribution in [0.2, 0.25) is 0 Å². The standard InChI is InChI=1S/C14H20F3NO/c1-13(2,3)18-9-5-7-11-6-4-8-12(10-11)19-14(15,16)17/h4,6,8,10,18H,5,7,9H2,1-3H3. The van der Waals surface area contributed by atoms with E-state index < -0.39 is 6.36 Å². The van der Waals surface area contributed by atoms with E-state index in [1.165, 1.54) is 12.1 Å². The molecule has 0 aliphatic carbocycles. The minimum atomic E-state index is -4.63. The SMILES string of the molecule is CC(C)(C)NCCCc1cccc(OC(F)(F)F)c1. The van der Waals surface area contributed by atoms with E-state index in [0.717, 1.165) is 24.9 Å². The van der Waals surface area contributed by atoms with E-state index >= 15 is 0 Å². The van der Waals surface area contributed by atoms with Crippen molar-refractivity contribution in [1.82, 2.24) is 5.32 Å². The van der Waals surface area contributed by atoms with Crippen LogP contribution in [0.15, 0.2) is 24.3 Å². The van der Waals surface area contributed by atoms with Gasteiger partial charge in [-0.15, -0.1) is 13.2 Å². The Bertz CT molecular complexity index is 396. The Balaban J connectivity index is 2.44. The molecule has 5 heteroatoms. The fourth-order valence-electron chi connectivity index (χ4n) is 1.65. The molecule has 0 atom stereocenters. The van der Waals surface area contributed by atoms with Gasteiger partial charge in [0.05, 0.1) is 0 Å². The number of nitrogens with one attached hydrogen (secondary N) is 1. The molecule has 0 amide bonds. The lowest BCUT2D eigenvalue weighted by Gasteiger charge is -2.20. The molecular weight excluding hydrogens is 255 g/mol. The van der Waals surface area contributed by atoms with Gasteiger partial charge in [0.1, 0.15) is 5.75 Å². The summed E-state index contributed by atoms with van der Waals surface area (Å²) in [6, 6.07) is 6.13. The topological polar surface area (TPSA) is 21.3 Å². The van der Waals surface area contributed by atoms with E-state index in [1.807, 2.05) is 0 Å². The third-order valence-electron chi connectivity index (χ3n) is 2.43. The Kier molecular flexibility index (Phi) is 5.23. The second-order valence-corrected chi connectivity index (χ2v) is 5.48. The Morgan fingerprint density at radius 1 is 1.16 bits per heavy atom. The highest BCUT2D eigenvalue weighted by molar-refractivity contribution is 5.28. The average molecular weight is 275 g/mol. The summed E-state index contributed by atoms with van der Waals surface area (Å²) in [6.45, 7) is 7.05. The molecule has 2 nitrogen and oxygen atoms in total. The highest BCUT2D eigenvalue weighted by Crippen LogP contribution is 2.23. The number of ether oxygens (including phenoxy) is 1. The molecule has 108 valence electrons. The van der Waals surface area contributed by atoms with Crippen LogP contribution in [-0.2, 0) is 6.42 Å². The number of hydrogen-bond acceptors (Lipinski definition) is 2. The van der Waals surface area contributed by atoms with Gasteiger partial charge in [-0.2, -0.15) is 0 Å². The van der Waals surface area contributed by atoms with Gasteiger partial charge >= 0.3 is 6.36 Å². The zero-order chi connectivity index (χ0) is 14.5. The van der Waals surface area contributed by atoms with Gasteiger partial charge in [0.25, 0.3) is 0 Å². The number of aryl methyl sites for hydroxylation is 1. The van der Waals surface area contributed by atoms with Gasteiger partial charge in [0.2, 0.25) is 0 Å². The largest absolute Gasteiger partial charge is 0.573 e. The third-order valence-corrected chi connectivity index (χ3v) is 2.43. The van der Waals surface area contributed by atoms with Gasteiger partial charge in [-0.05, 0) is 57.9 Å². The van der Waals surface area contributed by atoms with Crippen LogP contribution >= 0.6 is 0 Å². The summed E-state index contributed by atoms with van der Waals surface area (Å²) in [4.78, 5) is 0. The third kappa shape index (κ3) is 7.72. The highest BCUT2D eigenvalue weighted by Gasteiger charge is 2.31. The van der Waals surface area contributed by atoms with E-state index in [2.05, 4.69) is 30.8 Å². The fourth-order valence-corrected chi connectivity index (χ4v) is 1.65. The van der Waals surface area contributed by atoms with E-state index in [0.29, 0.717) is 0 Å². The number of rotatable bonds is 5. The molecule has 1 aromatic carbocycles. The van der Waals surface area contributed by atoms with Crippen molar-refractivity contribution in [3.8, 4) is 5.75 Å². The quantitative estimate of drug-likeness (QED) is 0.823. The second kappa shape index (κ2) is 6.28. The molecule has 0 spiro atoms. The lowest BCUT2D eigenvalue weighted by atomic mass is 10.1. The molecule has 1 N–H and O–H groups in total. The van der Waals surface area contributed by atoms with Gasteiger partial charge < -0.3 is 10.1 Å². The number of alkyl halides is 3. The van der Waals surface area contributed by atoms with Crippen molar-refractivity contribution in [1.29, 1.82) is 0 Å². The molecule has 0 radical (unpaired) electrons. The number of hydrogen-bond donors (Lipinski definition) is 1. The molecule has 0 saturated carbocycles. The van der Waals surface area contributed by atoms with Crippen LogP contribution in [-0.4, -0.2) is 18.4 Å². The Hall–Kier alpha value is -1.23. The first-order valence-corrected chi connectivity index (χ1v) is 6.25. The zero-order valence-corrected chi connectivity index (χ0v) is 11.5. The van der Waals surface area contributed by atoms with Crippen molar-refractivity contribution < 1.29 is 17.9 Å². The maximum absolute atomic E-state index is 12.1. The average Bonchev–Trinajstić information content (AvgIpc) is 2.21. The van der Waals surface area contributed by atoms with Crippen LogP contribution in [0, 0.1) is 0 Å². The van der Waals surface area contributed by atoms with Gasteiger partial charge in [0.15, 0.2) is 0 Å². The molecule has 0 aliphatic rings. The summed E-state index contributed by atoms with van der Waals surface area (Å²) in [5, 5.41) is 3.33. The van der Waals surface area contributed by atoms with Crippen LogP contribution in [0.3, 0.4) is 0 Å². The molecule has 0 unspecified atom stereocenters. The van der Waals surface area contributed by atoms with Crippen molar-refractivity contribution in [3.05, 3.63) is 29.8 Å². The lowest BCUT2D eigenvalue weighted by molar-refractivity contribution is -0.274. The Morgan fingerprint density at radius 3 is 2.42 bits per heavy atom. The van der Waals surface area contributed by atoms with Gasteiger partial charge in [0, 0.05) is 5.54 Å². The number of benzene rings is 1. The lowest BCUT2D eigenvalue weighted by Crippen LogP contribution is -2.36. The second-order valence-electron chi connectivity index (χ2n) is 5.48. The van der Waals surface area contributed by atoms with Crippen LogP contribution in [0.5, 0.6) is 5.75 Å². The summed E-state index contributed by atoms with van der Waals surface area (Å²) >= 11 is 0. The minimum Gasteiger partial charge on any atom is -0.406 e. The maximum atomic E-state index is 12.1. The molecule has 1 aromatic rings. The normalized spacial score (nSPS) is 12.5. The van der Waals surface area contributed by atoms with Gasteiger partial charge in [-0.3, -0.25) is 0 Å². The van der Waals surface area contributed by atoms with E-state index in [1.54, 1.807) is 12.1 Å². The summed E-state index contributed by atoms with van der Waals surface area (Å²) in [5.41, 5.74) is 0.902. The molecule has 0 fully saturated rings. The zero-order valence-electron chi connectivity index (χ0n) is 11.5. The van der Waals surface area contributed by atoms with Crippen LogP contribution < -0.4 is 10.1 Å². The predicted molar refractivity (Wildman–Crippen MR) is 69.2 cm³/mol. The van der Waals surface area contributed by atoms with Crippen LogP contribution in [0.4, 0.5) is 13.2 Å². The van der Waals surface area contributed by atoms with Crippen LogP contribution in [0.25, 0.3) is 0 Å². The number of halogens is 3. The van der Waals surface area contributed by atoms with E-state index in [9.17, 15) is 13.2 Å². The molecule has 0 heterocycles. The van der Waals surface area contributed by atoms with Crippen molar-refractivity contribution in [2.75, 3.05) is 6.54 Å². The van der Waals surface area contributed by atoms with E-state index in [-0.39, 0.29) is 11.3 Å². The molecule has 19 heavy (non-hydrogen) atoms. The Morgan fingerprint density at radius 2 is 1.84 bits per heavy atom. The smallest absolute Gasteiger partial charge is 0.406 e. The molecule has 0 bridgehead atoms. The van der Waals surface area contributed by atoms with Gasteiger partial charge in [-0.25, -0.2) is 0 Å². The van der Waals surface area contributed by atoms with Crippen molar-refractivity contribution in [2.24, 2.45) is 0 Å². The summed E-state index contributed by atoms with van der Waals surface area (Å²) in [6.07, 6.45) is -3.04. The summed E-state index contributed by atoms with van der Waals surface area (Å²) < 4.78 is 40.1. The summed E-state index contributed by atoms with van der Waals surface area (Å²) in [7, 11) is 0. The van der Waals surface area contributed by atoms with Crippen molar-refractivity contribution in [2.45, 2.75) is 45.5 Å². The molecule has 0 aliphatic heterocycles. The molecular formula is C14H20F3NO. The van der Waals surface area contributed by atoms with Crippen molar-refractivity contribution in [3.63, 3.8) is 0 Å². The predicted octanol–water partition coefficient (Wildman–Crippen LogP) is 3.91. The van der Waals surface area contributed by atoms with Gasteiger partial charge in [-0.1, -0.05) is 12.1 Å². The van der Waals surface area contributed by atoms with Crippen LogP contribution in [0.1, 0.15) is 32.8 Å². The minimum absolute atomic E-state index is 0.0568. The first kappa shape index (κ1) is 15.8. The first-order chi connectivity index (χ1) is 8.66. The highest BCUT2D eigenvalue weighted by atomic mass is 19.4. The summed E-state index contributed by atoms with van der Waals surface area (Å²) in [5.74, 6) is -0.159. The Labute approximate surface area is 112 Å². The van der Waals surface area contributed by atoms with Crippen molar-refractivity contribution >= 4 is 0 Å². The maximum Gasteiger partial charge on any atom is 0.573 e. The monoisotopic (exact) mass is 275 g/mol. The molecule has 0 aromatic heterocycles.